The predicted octanol–water partition coefficient (Wildman–Crippen LogP) is 4.76. The number of nitrogens with zero attached hydrogens (tertiary/aromatic N) is 5. The number of pyridine rings is 2. The van der Waals surface area contributed by atoms with E-state index >= 15 is 0 Å². The van der Waals surface area contributed by atoms with Crippen LogP contribution in [0.2, 0.25) is 0 Å². The van der Waals surface area contributed by atoms with Crippen LogP contribution >= 0.6 is 0 Å². The van der Waals surface area contributed by atoms with Gasteiger partial charge in [-0.15, -0.1) is 0 Å². The Balaban J connectivity index is 1.23. The molecule has 2 N–H and O–H groups in total. The fourth-order valence-corrected chi connectivity index (χ4v) is 7.01. The molecule has 3 aliphatic rings. The Morgan fingerprint density at radius 1 is 1.05 bits per heavy atom. The predicted molar refractivity (Wildman–Crippen MR) is 159 cm³/mol. The zero-order valence-electron chi connectivity index (χ0n) is 23.6. The molecule has 0 bridgehead atoms. The van der Waals surface area contributed by atoms with Gasteiger partial charge in [-0.05, 0) is 74.4 Å². The molecule has 2 aliphatic carbocycles. The minimum atomic E-state index is -0.479. The van der Waals surface area contributed by atoms with E-state index in [0.29, 0.717) is 18.7 Å². The summed E-state index contributed by atoms with van der Waals surface area (Å²) in [5.74, 6) is 1.76. The van der Waals surface area contributed by atoms with E-state index in [1.54, 1.807) is 12.5 Å². The highest BCUT2D eigenvalue weighted by atomic mass is 16.5. The summed E-state index contributed by atoms with van der Waals surface area (Å²) in [6, 6.07) is 7.20. The van der Waals surface area contributed by atoms with E-state index in [4.69, 9.17) is 14.5 Å². The van der Waals surface area contributed by atoms with Crippen molar-refractivity contribution in [3.8, 4) is 5.75 Å². The number of nitrogens with one attached hydrogen (secondary N) is 2. The van der Waals surface area contributed by atoms with Gasteiger partial charge in [0.15, 0.2) is 0 Å². The van der Waals surface area contributed by atoms with Crippen LogP contribution in [0.25, 0.3) is 17.1 Å². The molecular formula is C32H37N7O2. The molecule has 9 nitrogen and oxygen atoms in total. The zero-order valence-corrected chi connectivity index (χ0v) is 23.6. The molecule has 5 heterocycles. The van der Waals surface area contributed by atoms with Crippen molar-refractivity contribution in [2.24, 2.45) is 0 Å². The molecule has 2 fully saturated rings. The average molecular weight is 552 g/mol. The Morgan fingerprint density at radius 2 is 1.85 bits per heavy atom. The van der Waals surface area contributed by atoms with Gasteiger partial charge < -0.3 is 19.8 Å². The Hall–Kier alpha value is -3.82. The molecule has 41 heavy (non-hydrogen) atoms. The molecular weight excluding hydrogens is 514 g/mol. The topological polar surface area (TPSA) is 101 Å². The van der Waals surface area contributed by atoms with Crippen LogP contribution in [-0.2, 0) is 16.6 Å². The van der Waals surface area contributed by atoms with Gasteiger partial charge >= 0.3 is 0 Å². The number of aromatic nitrogens is 5. The highest BCUT2D eigenvalue weighted by molar-refractivity contribution is 5.94. The minimum absolute atomic E-state index is 0.392. The molecule has 4 aromatic rings. The fraction of sp³-hybridized carbons (Fsp3) is 0.438. The van der Waals surface area contributed by atoms with Crippen molar-refractivity contribution in [2.75, 3.05) is 38.2 Å². The molecule has 0 radical (unpaired) electrons. The van der Waals surface area contributed by atoms with E-state index in [1.165, 1.54) is 18.4 Å². The molecule has 0 amide bonds. The van der Waals surface area contributed by atoms with Crippen molar-refractivity contribution in [2.45, 2.75) is 56.5 Å². The summed E-state index contributed by atoms with van der Waals surface area (Å²) in [6.07, 6.45) is 19.0. The van der Waals surface area contributed by atoms with Crippen LogP contribution in [0.3, 0.4) is 0 Å². The largest absolute Gasteiger partial charge is 0.493 e. The lowest BCUT2D eigenvalue weighted by Gasteiger charge is -2.39. The Bertz CT molecular complexity index is 1520. The fourth-order valence-electron chi connectivity index (χ4n) is 7.01. The van der Waals surface area contributed by atoms with Gasteiger partial charge in [0.1, 0.15) is 23.5 Å². The lowest BCUT2D eigenvalue weighted by Crippen LogP contribution is -2.46. The summed E-state index contributed by atoms with van der Waals surface area (Å²) in [5.41, 5.74) is 4.85. The second-order valence-corrected chi connectivity index (χ2v) is 11.3. The standard InChI is InChI=1S/C32H37N7O2/c1-2-41-28-10-14-34-20-26(28)32(22-8-12-33-13-9-22)11-7-27-25(19-32)29-30(35-21-36-31(29)38-27)37-23-3-5-24(6-4-23)39-15-17-40-18-16-39/h7-14,20-21,23-24H,2-6,15-19H2,1H3,(H2,35,36,37,38). The van der Waals surface area contributed by atoms with E-state index in [2.05, 4.69) is 54.4 Å². The molecule has 1 aliphatic heterocycles. The normalized spacial score (nSPS) is 24.7. The van der Waals surface area contributed by atoms with Gasteiger partial charge in [0, 0.05) is 66.6 Å². The third-order valence-corrected chi connectivity index (χ3v) is 9.07. The number of ether oxygens (including phenoxy) is 2. The quantitative estimate of drug-likeness (QED) is 0.339. The van der Waals surface area contributed by atoms with Crippen LogP contribution in [-0.4, -0.2) is 74.8 Å². The molecule has 0 spiro atoms. The van der Waals surface area contributed by atoms with Gasteiger partial charge in [0.25, 0.3) is 0 Å². The third-order valence-electron chi connectivity index (χ3n) is 9.07. The van der Waals surface area contributed by atoms with E-state index < -0.39 is 5.41 Å². The summed E-state index contributed by atoms with van der Waals surface area (Å²) in [6.45, 7) is 6.42. The highest BCUT2D eigenvalue weighted by Crippen LogP contribution is 2.47. The summed E-state index contributed by atoms with van der Waals surface area (Å²) in [4.78, 5) is 24.5. The molecule has 1 unspecified atom stereocenters. The van der Waals surface area contributed by atoms with E-state index in [-0.39, 0.29) is 0 Å². The van der Waals surface area contributed by atoms with Crippen molar-refractivity contribution >= 4 is 22.9 Å². The lowest BCUT2D eigenvalue weighted by atomic mass is 9.68. The van der Waals surface area contributed by atoms with Crippen LogP contribution in [0.5, 0.6) is 5.75 Å². The maximum atomic E-state index is 6.13. The number of anilines is 1. The van der Waals surface area contributed by atoms with Gasteiger partial charge in [0.2, 0.25) is 0 Å². The smallest absolute Gasteiger partial charge is 0.143 e. The molecule has 9 heteroatoms. The number of hydrogen-bond acceptors (Lipinski definition) is 8. The Morgan fingerprint density at radius 3 is 2.66 bits per heavy atom. The first-order valence-electron chi connectivity index (χ1n) is 14.9. The molecule has 1 saturated heterocycles. The maximum Gasteiger partial charge on any atom is 0.143 e. The number of H-pyrrole nitrogens is 1. The van der Waals surface area contributed by atoms with Crippen molar-refractivity contribution in [1.29, 1.82) is 0 Å². The summed E-state index contributed by atoms with van der Waals surface area (Å²) >= 11 is 0. The first kappa shape index (κ1) is 26.1. The van der Waals surface area contributed by atoms with Gasteiger partial charge in [-0.1, -0.05) is 6.08 Å². The van der Waals surface area contributed by atoms with E-state index in [0.717, 1.165) is 85.0 Å². The number of hydrogen-bond donors (Lipinski definition) is 2. The summed E-state index contributed by atoms with van der Waals surface area (Å²) in [7, 11) is 0. The second-order valence-electron chi connectivity index (χ2n) is 11.3. The summed E-state index contributed by atoms with van der Waals surface area (Å²) in [5, 5.41) is 4.91. The average Bonchev–Trinajstić information content (AvgIpc) is 3.41. The Kier molecular flexibility index (Phi) is 7.14. The monoisotopic (exact) mass is 551 g/mol. The van der Waals surface area contributed by atoms with Crippen LogP contribution in [0.15, 0.2) is 55.4 Å². The molecule has 212 valence electrons. The zero-order chi connectivity index (χ0) is 27.6. The SMILES string of the molecule is CCOc1ccncc1C1(c2ccncc2)C=Cc2[nH]c3ncnc(NC4CCC(N5CCOCC5)CC4)c3c2C1. The van der Waals surface area contributed by atoms with Gasteiger partial charge in [0.05, 0.1) is 25.2 Å². The van der Waals surface area contributed by atoms with E-state index in [1.807, 2.05) is 31.6 Å². The van der Waals surface area contributed by atoms with E-state index in [9.17, 15) is 0 Å². The highest BCUT2D eigenvalue weighted by Gasteiger charge is 2.39. The second kappa shape index (κ2) is 11.2. The number of rotatable bonds is 7. The van der Waals surface area contributed by atoms with Crippen molar-refractivity contribution < 1.29 is 9.47 Å². The molecule has 4 aromatic heterocycles. The van der Waals surface area contributed by atoms with Crippen molar-refractivity contribution in [3.63, 3.8) is 0 Å². The van der Waals surface area contributed by atoms with Crippen LogP contribution in [0, 0.1) is 0 Å². The van der Waals surface area contributed by atoms with Crippen molar-refractivity contribution in [3.05, 3.63) is 77.8 Å². The van der Waals surface area contributed by atoms with Crippen molar-refractivity contribution in [1.82, 2.24) is 29.8 Å². The summed E-state index contributed by atoms with van der Waals surface area (Å²) < 4.78 is 11.7. The molecule has 1 atom stereocenters. The molecule has 1 saturated carbocycles. The van der Waals surface area contributed by atoms with Crippen LogP contribution in [0.4, 0.5) is 5.82 Å². The van der Waals surface area contributed by atoms with Gasteiger partial charge in [-0.2, -0.15) is 0 Å². The number of morpholine rings is 1. The number of allylic oxidation sites excluding steroid dienone is 1. The minimum Gasteiger partial charge on any atom is -0.493 e. The van der Waals surface area contributed by atoms with Crippen LogP contribution < -0.4 is 10.1 Å². The number of fused-ring (bicyclic) bond motifs is 3. The number of aromatic amines is 1. The first-order chi connectivity index (χ1) is 20.2. The van der Waals surface area contributed by atoms with Gasteiger partial charge in [-0.3, -0.25) is 14.9 Å². The first-order valence-corrected chi connectivity index (χ1v) is 14.9. The third kappa shape index (κ3) is 4.87. The lowest BCUT2D eigenvalue weighted by molar-refractivity contribution is 0.00791. The van der Waals surface area contributed by atoms with Gasteiger partial charge in [-0.25, -0.2) is 9.97 Å². The Labute approximate surface area is 240 Å². The molecule has 7 rings (SSSR count). The molecule has 0 aromatic carbocycles. The van der Waals surface area contributed by atoms with Crippen LogP contribution in [0.1, 0.15) is 55.0 Å². The maximum absolute atomic E-state index is 6.13.